The van der Waals surface area contributed by atoms with Crippen molar-refractivity contribution in [1.82, 2.24) is 4.98 Å². The molecule has 0 saturated carbocycles. The predicted molar refractivity (Wildman–Crippen MR) is 64.7 cm³/mol. The van der Waals surface area contributed by atoms with E-state index >= 15 is 0 Å². The molecule has 4 heteroatoms. The maximum Gasteiger partial charge on any atom is 0.231 e. The molecule has 0 aromatic carbocycles. The highest BCUT2D eigenvalue weighted by molar-refractivity contribution is 5.44. The van der Waals surface area contributed by atoms with Gasteiger partial charge in [-0.25, -0.2) is 4.98 Å². The number of nitriles is 1. The second-order valence-corrected chi connectivity index (χ2v) is 5.19. The minimum Gasteiger partial charge on any atom is -0.475 e. The standard InChI is InChI=1S/C13H17N3O/c1-13(2,15)8-17-12-10(7-14)6-9-4-3-5-11(9)16-12/h6H,3-5,8,15H2,1-2H3. The van der Waals surface area contributed by atoms with Gasteiger partial charge in [0.25, 0.3) is 0 Å². The summed E-state index contributed by atoms with van der Waals surface area (Å²) in [4.78, 5) is 4.43. The quantitative estimate of drug-likeness (QED) is 0.856. The van der Waals surface area contributed by atoms with Gasteiger partial charge in [0, 0.05) is 11.2 Å². The van der Waals surface area contributed by atoms with Gasteiger partial charge in [0.15, 0.2) is 0 Å². The molecule has 0 spiro atoms. The number of nitrogens with zero attached hydrogens (tertiary/aromatic N) is 2. The van der Waals surface area contributed by atoms with Crippen LogP contribution in [0.5, 0.6) is 5.88 Å². The Balaban J connectivity index is 2.25. The Hall–Kier alpha value is -1.60. The van der Waals surface area contributed by atoms with Crippen molar-refractivity contribution in [3.05, 3.63) is 22.9 Å². The zero-order chi connectivity index (χ0) is 12.5. The van der Waals surface area contributed by atoms with E-state index in [1.807, 2.05) is 19.9 Å². The van der Waals surface area contributed by atoms with E-state index in [9.17, 15) is 0 Å². The zero-order valence-electron chi connectivity index (χ0n) is 10.3. The van der Waals surface area contributed by atoms with Crippen LogP contribution in [0, 0.1) is 11.3 Å². The van der Waals surface area contributed by atoms with Gasteiger partial charge in [0.2, 0.25) is 5.88 Å². The molecular formula is C13H17N3O. The number of aromatic nitrogens is 1. The van der Waals surface area contributed by atoms with Gasteiger partial charge in [0.05, 0.1) is 0 Å². The van der Waals surface area contributed by atoms with Crippen LogP contribution in [0.1, 0.15) is 37.1 Å². The summed E-state index contributed by atoms with van der Waals surface area (Å²) in [6, 6.07) is 4.03. The normalized spacial score (nSPS) is 14.2. The average Bonchev–Trinajstić information content (AvgIpc) is 2.70. The summed E-state index contributed by atoms with van der Waals surface area (Å²) in [5, 5.41) is 9.08. The summed E-state index contributed by atoms with van der Waals surface area (Å²) in [5.74, 6) is 0.423. The largest absolute Gasteiger partial charge is 0.475 e. The van der Waals surface area contributed by atoms with Crippen molar-refractivity contribution in [2.75, 3.05) is 6.61 Å². The van der Waals surface area contributed by atoms with Gasteiger partial charge in [-0.15, -0.1) is 0 Å². The minimum absolute atomic E-state index is 0.355. The molecule has 0 bridgehead atoms. The Morgan fingerprint density at radius 1 is 1.53 bits per heavy atom. The number of ether oxygens (including phenoxy) is 1. The first-order chi connectivity index (χ1) is 7.99. The van der Waals surface area contributed by atoms with Crippen LogP contribution in [0.4, 0.5) is 0 Å². The lowest BCUT2D eigenvalue weighted by Gasteiger charge is -2.19. The lowest BCUT2D eigenvalue weighted by atomic mass is 10.1. The van der Waals surface area contributed by atoms with E-state index in [2.05, 4.69) is 11.1 Å². The van der Waals surface area contributed by atoms with Gasteiger partial charge in [-0.05, 0) is 44.7 Å². The Kier molecular flexibility index (Phi) is 3.03. The molecule has 90 valence electrons. The molecular weight excluding hydrogens is 214 g/mol. The Morgan fingerprint density at radius 2 is 2.29 bits per heavy atom. The summed E-state index contributed by atoms with van der Waals surface area (Å²) < 4.78 is 5.56. The molecule has 0 radical (unpaired) electrons. The molecule has 0 fully saturated rings. The molecule has 17 heavy (non-hydrogen) atoms. The van der Waals surface area contributed by atoms with E-state index < -0.39 is 5.54 Å². The molecule has 1 aromatic heterocycles. The fraction of sp³-hybridized carbons (Fsp3) is 0.538. The van der Waals surface area contributed by atoms with Crippen molar-refractivity contribution in [2.24, 2.45) is 5.73 Å². The van der Waals surface area contributed by atoms with Crippen LogP contribution in [-0.2, 0) is 12.8 Å². The average molecular weight is 231 g/mol. The van der Waals surface area contributed by atoms with Crippen LogP contribution < -0.4 is 10.5 Å². The summed E-state index contributed by atoms with van der Waals surface area (Å²) in [7, 11) is 0. The lowest BCUT2D eigenvalue weighted by Crippen LogP contribution is -2.39. The lowest BCUT2D eigenvalue weighted by molar-refractivity contribution is 0.234. The number of rotatable bonds is 3. The van der Waals surface area contributed by atoms with Crippen LogP contribution in [0.25, 0.3) is 0 Å². The molecule has 0 atom stereocenters. The molecule has 4 nitrogen and oxygen atoms in total. The van der Waals surface area contributed by atoms with Gasteiger partial charge in [-0.3, -0.25) is 0 Å². The van der Waals surface area contributed by atoms with Gasteiger partial charge < -0.3 is 10.5 Å². The highest BCUT2D eigenvalue weighted by atomic mass is 16.5. The first-order valence-electron chi connectivity index (χ1n) is 5.84. The maximum absolute atomic E-state index is 9.08. The molecule has 0 saturated heterocycles. The molecule has 2 N–H and O–H groups in total. The Labute approximate surface area is 101 Å². The molecule has 0 aliphatic heterocycles. The van der Waals surface area contributed by atoms with E-state index in [1.54, 1.807) is 0 Å². The summed E-state index contributed by atoms with van der Waals surface area (Å²) in [6.45, 7) is 4.12. The van der Waals surface area contributed by atoms with E-state index in [4.69, 9.17) is 15.7 Å². The summed E-state index contributed by atoms with van der Waals surface area (Å²) >= 11 is 0. The first-order valence-corrected chi connectivity index (χ1v) is 5.84. The summed E-state index contributed by atoms with van der Waals surface area (Å²) in [5.41, 5.74) is 8.18. The molecule has 1 aromatic rings. The van der Waals surface area contributed by atoms with Crippen molar-refractivity contribution < 1.29 is 4.74 Å². The number of hydrogen-bond donors (Lipinski definition) is 1. The monoisotopic (exact) mass is 231 g/mol. The predicted octanol–water partition coefficient (Wildman–Crippen LogP) is 1.56. The fourth-order valence-electron chi connectivity index (χ4n) is 1.90. The van der Waals surface area contributed by atoms with Crippen LogP contribution in [-0.4, -0.2) is 17.1 Å². The van der Waals surface area contributed by atoms with Crippen LogP contribution in [0.3, 0.4) is 0 Å². The molecule has 0 unspecified atom stereocenters. The minimum atomic E-state index is -0.423. The van der Waals surface area contributed by atoms with E-state index in [0.29, 0.717) is 18.1 Å². The number of aryl methyl sites for hydroxylation is 2. The van der Waals surface area contributed by atoms with E-state index in [-0.39, 0.29) is 0 Å². The number of pyridine rings is 1. The Bertz CT molecular complexity index is 469. The second kappa shape index (κ2) is 4.34. The third kappa shape index (κ3) is 2.75. The highest BCUT2D eigenvalue weighted by Crippen LogP contribution is 2.26. The van der Waals surface area contributed by atoms with Gasteiger partial charge in [-0.2, -0.15) is 5.26 Å². The van der Waals surface area contributed by atoms with Crippen molar-refractivity contribution >= 4 is 0 Å². The first kappa shape index (κ1) is 11.9. The highest BCUT2D eigenvalue weighted by Gasteiger charge is 2.19. The zero-order valence-corrected chi connectivity index (χ0v) is 10.3. The van der Waals surface area contributed by atoms with Crippen LogP contribution in [0.2, 0.25) is 0 Å². The topological polar surface area (TPSA) is 71.9 Å². The third-order valence-electron chi connectivity index (χ3n) is 2.72. The smallest absolute Gasteiger partial charge is 0.231 e. The van der Waals surface area contributed by atoms with Crippen molar-refractivity contribution in [3.63, 3.8) is 0 Å². The molecule has 1 heterocycles. The molecule has 1 aliphatic carbocycles. The van der Waals surface area contributed by atoms with Crippen molar-refractivity contribution in [3.8, 4) is 11.9 Å². The number of fused-ring (bicyclic) bond motifs is 1. The van der Waals surface area contributed by atoms with Gasteiger partial charge >= 0.3 is 0 Å². The van der Waals surface area contributed by atoms with E-state index in [1.165, 1.54) is 5.56 Å². The fourth-order valence-corrected chi connectivity index (χ4v) is 1.90. The maximum atomic E-state index is 9.08. The molecule has 0 amide bonds. The van der Waals surface area contributed by atoms with Crippen molar-refractivity contribution in [1.29, 1.82) is 5.26 Å². The van der Waals surface area contributed by atoms with Crippen LogP contribution in [0.15, 0.2) is 6.07 Å². The third-order valence-corrected chi connectivity index (χ3v) is 2.72. The van der Waals surface area contributed by atoms with Gasteiger partial charge in [-0.1, -0.05) is 0 Å². The Morgan fingerprint density at radius 3 is 2.94 bits per heavy atom. The molecule has 1 aliphatic rings. The summed E-state index contributed by atoms with van der Waals surface area (Å²) in [6.07, 6.45) is 3.10. The van der Waals surface area contributed by atoms with E-state index in [0.717, 1.165) is 25.0 Å². The number of hydrogen-bond acceptors (Lipinski definition) is 4. The van der Waals surface area contributed by atoms with Crippen molar-refractivity contribution in [2.45, 2.75) is 38.6 Å². The van der Waals surface area contributed by atoms with Crippen LogP contribution >= 0.6 is 0 Å². The SMILES string of the molecule is CC(C)(N)COc1nc2c(cc1C#N)CCC2. The molecule has 2 rings (SSSR count). The second-order valence-electron chi connectivity index (χ2n) is 5.19. The van der Waals surface area contributed by atoms with Gasteiger partial charge in [0.1, 0.15) is 18.2 Å². The number of nitrogens with two attached hydrogens (primary N) is 1.